The van der Waals surface area contributed by atoms with E-state index in [0.29, 0.717) is 16.9 Å². The molecule has 0 saturated heterocycles. The molecule has 36 heavy (non-hydrogen) atoms. The quantitative estimate of drug-likeness (QED) is 0.114. The zero-order chi connectivity index (χ0) is 26.1. The Hall–Kier alpha value is -5.39. The van der Waals surface area contributed by atoms with Crippen LogP contribution in [0.15, 0.2) is 77.9 Å². The van der Waals surface area contributed by atoms with Crippen LogP contribution in [0.1, 0.15) is 22.8 Å². The number of ether oxygens (including phenoxy) is 1. The number of hydrazone groups is 1. The summed E-state index contributed by atoms with van der Waals surface area (Å²) in [6.45, 7) is 1.36. The molecule has 0 aliphatic rings. The zero-order valence-electron chi connectivity index (χ0n) is 18.8. The first-order valence-electron chi connectivity index (χ1n) is 10.3. The molecule has 0 fully saturated rings. The van der Waals surface area contributed by atoms with Gasteiger partial charge in [-0.05, 0) is 48.0 Å². The molecule has 0 spiro atoms. The molecule has 0 unspecified atom stereocenters. The number of carbonyl (C=O) groups is 4. The van der Waals surface area contributed by atoms with Crippen molar-refractivity contribution in [2.75, 3.05) is 10.6 Å². The first-order valence-corrected chi connectivity index (χ1v) is 10.3. The van der Waals surface area contributed by atoms with Gasteiger partial charge in [0.1, 0.15) is 11.3 Å². The average Bonchev–Trinajstić information content (AvgIpc) is 2.85. The predicted molar refractivity (Wildman–Crippen MR) is 130 cm³/mol. The van der Waals surface area contributed by atoms with Gasteiger partial charge in [-0.1, -0.05) is 24.3 Å². The van der Waals surface area contributed by atoms with Crippen molar-refractivity contribution in [3.63, 3.8) is 0 Å². The molecule has 0 heterocycles. The number of anilines is 2. The molecule has 0 aromatic heterocycles. The highest BCUT2D eigenvalue weighted by atomic mass is 16.6. The number of para-hydroxylation sites is 1. The summed E-state index contributed by atoms with van der Waals surface area (Å²) < 4.78 is 5.21. The minimum absolute atomic E-state index is 0.0916. The Morgan fingerprint density at radius 2 is 1.56 bits per heavy atom. The second-order valence-corrected chi connectivity index (χ2v) is 7.15. The van der Waals surface area contributed by atoms with Gasteiger partial charge in [-0.2, -0.15) is 5.10 Å². The fourth-order valence-electron chi connectivity index (χ4n) is 2.87. The molecule has 182 valence electrons. The summed E-state index contributed by atoms with van der Waals surface area (Å²) in [6.07, 6.45) is 1.22. The Kier molecular flexibility index (Phi) is 8.17. The van der Waals surface area contributed by atoms with Crippen molar-refractivity contribution in [3.8, 4) is 5.75 Å². The normalized spacial score (nSPS) is 10.4. The molecule has 3 N–H and O–H groups in total. The second-order valence-electron chi connectivity index (χ2n) is 7.15. The predicted octanol–water partition coefficient (Wildman–Crippen LogP) is 2.86. The van der Waals surface area contributed by atoms with Crippen molar-refractivity contribution >= 4 is 47.0 Å². The first-order chi connectivity index (χ1) is 17.2. The molecule has 0 aliphatic heterocycles. The van der Waals surface area contributed by atoms with Gasteiger partial charge in [0.05, 0.1) is 11.1 Å². The molecule has 3 aromatic rings. The highest BCUT2D eigenvalue weighted by molar-refractivity contribution is 6.39. The van der Waals surface area contributed by atoms with E-state index in [2.05, 4.69) is 21.2 Å². The number of amides is 3. The van der Waals surface area contributed by atoms with Gasteiger partial charge >= 0.3 is 17.8 Å². The van der Waals surface area contributed by atoms with Crippen LogP contribution in [0.25, 0.3) is 0 Å². The number of rotatable bonds is 7. The maximum atomic E-state index is 12.4. The molecule has 0 aliphatic carbocycles. The highest BCUT2D eigenvalue weighted by Gasteiger charge is 2.21. The Bertz CT molecular complexity index is 1350. The molecular formula is C24H19N5O7. The smallest absolute Gasteiger partial charge is 0.350 e. The molecule has 12 heteroatoms. The SMILES string of the molecule is CC(=O)Nc1ccc(NC(=O)C(=O)NN=Cc2cccc(OC(=O)c3ccccc3[N+](=O)[O-])c2)cc1. The molecule has 0 saturated carbocycles. The number of benzene rings is 3. The van der Waals surface area contributed by atoms with Gasteiger partial charge in [-0.25, -0.2) is 10.2 Å². The average molecular weight is 489 g/mol. The first kappa shape index (κ1) is 25.2. The van der Waals surface area contributed by atoms with E-state index in [1.807, 2.05) is 0 Å². The third kappa shape index (κ3) is 7.05. The van der Waals surface area contributed by atoms with Crippen LogP contribution in [0.3, 0.4) is 0 Å². The summed E-state index contributed by atoms with van der Waals surface area (Å²) in [5.74, 6) is -3.06. The minimum Gasteiger partial charge on any atom is -0.423 e. The monoisotopic (exact) mass is 489 g/mol. The highest BCUT2D eigenvalue weighted by Crippen LogP contribution is 2.21. The molecule has 3 aromatic carbocycles. The molecule has 0 bridgehead atoms. The van der Waals surface area contributed by atoms with Crippen LogP contribution < -0.4 is 20.8 Å². The third-order valence-electron chi connectivity index (χ3n) is 4.44. The number of nitrogens with zero attached hydrogens (tertiary/aromatic N) is 2. The zero-order valence-corrected chi connectivity index (χ0v) is 18.8. The van der Waals surface area contributed by atoms with Crippen molar-refractivity contribution in [2.45, 2.75) is 6.92 Å². The van der Waals surface area contributed by atoms with E-state index in [4.69, 9.17) is 4.74 Å². The van der Waals surface area contributed by atoms with E-state index in [1.165, 1.54) is 61.7 Å². The summed E-state index contributed by atoms with van der Waals surface area (Å²) in [5, 5.41) is 19.8. The van der Waals surface area contributed by atoms with Gasteiger partial charge in [0.15, 0.2) is 0 Å². The van der Waals surface area contributed by atoms with Gasteiger partial charge in [0.25, 0.3) is 5.69 Å². The maximum absolute atomic E-state index is 12.4. The molecule has 12 nitrogen and oxygen atoms in total. The fraction of sp³-hybridized carbons (Fsp3) is 0.0417. The van der Waals surface area contributed by atoms with Crippen LogP contribution in [0.5, 0.6) is 5.75 Å². The third-order valence-corrected chi connectivity index (χ3v) is 4.44. The van der Waals surface area contributed by atoms with Crippen molar-refractivity contribution in [2.24, 2.45) is 5.10 Å². The lowest BCUT2D eigenvalue weighted by atomic mass is 10.2. The number of hydrogen-bond acceptors (Lipinski definition) is 8. The number of nitro benzene ring substituents is 1. The van der Waals surface area contributed by atoms with Crippen LogP contribution in [0.4, 0.5) is 17.1 Å². The van der Waals surface area contributed by atoms with Gasteiger partial charge in [0.2, 0.25) is 5.91 Å². The lowest BCUT2D eigenvalue weighted by Crippen LogP contribution is -2.32. The van der Waals surface area contributed by atoms with Crippen LogP contribution in [0, 0.1) is 10.1 Å². The van der Waals surface area contributed by atoms with Crippen molar-refractivity contribution in [3.05, 3.63) is 94.0 Å². The van der Waals surface area contributed by atoms with E-state index in [1.54, 1.807) is 24.3 Å². The van der Waals surface area contributed by atoms with Gasteiger partial charge < -0.3 is 15.4 Å². The molecule has 0 radical (unpaired) electrons. The number of carbonyl (C=O) groups excluding carboxylic acids is 4. The van der Waals surface area contributed by atoms with E-state index in [-0.39, 0.29) is 22.9 Å². The van der Waals surface area contributed by atoms with Crippen LogP contribution >= 0.6 is 0 Å². The maximum Gasteiger partial charge on any atom is 0.350 e. The summed E-state index contributed by atoms with van der Waals surface area (Å²) in [6, 6.07) is 17.5. The van der Waals surface area contributed by atoms with E-state index < -0.39 is 22.7 Å². The van der Waals surface area contributed by atoms with Crippen molar-refractivity contribution in [1.82, 2.24) is 5.43 Å². The van der Waals surface area contributed by atoms with E-state index >= 15 is 0 Å². The van der Waals surface area contributed by atoms with Crippen LogP contribution in [0.2, 0.25) is 0 Å². The lowest BCUT2D eigenvalue weighted by molar-refractivity contribution is -0.385. The number of esters is 1. The molecule has 3 rings (SSSR count). The van der Waals surface area contributed by atoms with Gasteiger partial charge in [0, 0.05) is 24.4 Å². The largest absolute Gasteiger partial charge is 0.423 e. The van der Waals surface area contributed by atoms with Crippen LogP contribution in [-0.2, 0) is 14.4 Å². The Balaban J connectivity index is 1.56. The van der Waals surface area contributed by atoms with Crippen molar-refractivity contribution in [1.29, 1.82) is 0 Å². The molecular weight excluding hydrogens is 470 g/mol. The number of hydrogen-bond donors (Lipinski definition) is 3. The molecule has 3 amide bonds. The lowest BCUT2D eigenvalue weighted by Gasteiger charge is -2.06. The number of nitrogens with one attached hydrogen (secondary N) is 3. The molecule has 0 atom stereocenters. The minimum atomic E-state index is -1.03. The summed E-state index contributed by atoms with van der Waals surface area (Å²) in [5.41, 5.74) is 2.77. The van der Waals surface area contributed by atoms with Crippen LogP contribution in [-0.4, -0.2) is 34.8 Å². The van der Waals surface area contributed by atoms with Crippen molar-refractivity contribution < 1.29 is 28.8 Å². The fourth-order valence-corrected chi connectivity index (χ4v) is 2.87. The summed E-state index contributed by atoms with van der Waals surface area (Å²) in [7, 11) is 0. The Morgan fingerprint density at radius 3 is 2.22 bits per heavy atom. The standard InChI is InChI=1S/C24H19N5O7/c1-15(30)26-17-9-11-18(12-10-17)27-22(31)23(32)28-25-14-16-5-4-6-19(13-16)36-24(33)20-7-2-3-8-21(20)29(34)35/h2-14H,1H3,(H,26,30)(H,27,31)(H,28,32). The summed E-state index contributed by atoms with van der Waals surface area (Å²) >= 11 is 0. The number of nitro groups is 1. The Morgan fingerprint density at radius 1 is 0.889 bits per heavy atom. The topological polar surface area (TPSA) is 169 Å². The second kappa shape index (κ2) is 11.7. The summed E-state index contributed by atoms with van der Waals surface area (Å²) in [4.78, 5) is 57.8. The Labute approximate surface area is 204 Å². The van der Waals surface area contributed by atoms with Gasteiger partial charge in [-0.3, -0.25) is 24.5 Å². The van der Waals surface area contributed by atoms with E-state index in [0.717, 1.165) is 0 Å². The van der Waals surface area contributed by atoms with E-state index in [9.17, 15) is 29.3 Å². The van der Waals surface area contributed by atoms with Gasteiger partial charge in [-0.15, -0.1) is 0 Å².